The third kappa shape index (κ3) is 6.64. The quantitative estimate of drug-likeness (QED) is 0.178. The average molecular weight is 579 g/mol. The first-order chi connectivity index (χ1) is 14.7. The van der Waals surface area contributed by atoms with Gasteiger partial charge in [0.1, 0.15) is 8.07 Å². The Labute approximate surface area is 246 Å². The maximum absolute atomic E-state index is 3.89. The second kappa shape index (κ2) is 13.5. The van der Waals surface area contributed by atoms with E-state index in [4.69, 9.17) is 0 Å². The first-order valence-electron chi connectivity index (χ1n) is 11.3. The van der Waals surface area contributed by atoms with Crippen LogP contribution in [0, 0.1) is 32.3 Å². The van der Waals surface area contributed by atoms with E-state index in [0.717, 1.165) is 6.42 Å². The molecule has 0 bridgehead atoms. The van der Waals surface area contributed by atoms with Crippen LogP contribution in [0.2, 0.25) is 0 Å². The van der Waals surface area contributed by atoms with Gasteiger partial charge in [0.2, 0.25) is 0 Å². The third-order valence-corrected chi connectivity index (χ3v) is 11.1. The maximum Gasteiger partial charge on any atom is 0.144 e. The van der Waals surface area contributed by atoms with Crippen LogP contribution in [0.15, 0.2) is 89.6 Å². The zero-order valence-corrected chi connectivity index (χ0v) is 26.4. The minimum atomic E-state index is -2.52. The molecule has 0 saturated heterocycles. The minimum absolute atomic E-state index is 0. The molecular formula is C30H36Cl3SiTi-. The summed E-state index contributed by atoms with van der Waals surface area (Å²) >= 11 is 0. The summed E-state index contributed by atoms with van der Waals surface area (Å²) in [7, 11) is -2.52. The molecule has 1 aliphatic carbocycles. The second-order valence-electron chi connectivity index (χ2n) is 9.98. The molecular weight excluding hydrogens is 543 g/mol. The number of benzene rings is 3. The van der Waals surface area contributed by atoms with E-state index in [-0.39, 0.29) is 64.4 Å². The summed E-state index contributed by atoms with van der Waals surface area (Å²) in [6.07, 6.45) is 7.21. The summed E-state index contributed by atoms with van der Waals surface area (Å²) in [6, 6.07) is 27.7. The van der Waals surface area contributed by atoms with Gasteiger partial charge in [-0.05, 0) is 36.3 Å². The van der Waals surface area contributed by atoms with Gasteiger partial charge in [0.15, 0.2) is 0 Å². The van der Waals surface area contributed by atoms with Crippen molar-refractivity contribution in [3.63, 3.8) is 0 Å². The fourth-order valence-corrected chi connectivity index (χ4v) is 10.5. The molecule has 0 aromatic heterocycles. The molecule has 0 saturated carbocycles. The van der Waals surface area contributed by atoms with Gasteiger partial charge in [-0.15, -0.1) is 43.6 Å². The van der Waals surface area contributed by atoms with Crippen LogP contribution in [0.4, 0.5) is 0 Å². The van der Waals surface area contributed by atoms with Crippen molar-refractivity contribution in [3.05, 3.63) is 112 Å². The van der Waals surface area contributed by atoms with Crippen LogP contribution in [-0.2, 0) is 21.7 Å². The van der Waals surface area contributed by atoms with Crippen LogP contribution >= 0.6 is 37.2 Å². The molecule has 0 atom stereocenters. The molecule has 0 N–H and O–H groups in total. The SMILES string of the molecule is Cc1cccc([Si](C2=[C-]CC=C2C(C)(C)C)(c2cccc(C)c2)c2cccc(C)c2)c1.Cl.Cl.Cl.[Ti]. The van der Waals surface area contributed by atoms with E-state index in [1.54, 1.807) is 0 Å². The van der Waals surface area contributed by atoms with Crippen molar-refractivity contribution in [2.24, 2.45) is 5.41 Å². The normalized spacial score (nSPS) is 12.7. The summed E-state index contributed by atoms with van der Waals surface area (Å²) in [5.41, 5.74) is 5.48. The van der Waals surface area contributed by atoms with Gasteiger partial charge in [0, 0.05) is 21.7 Å². The Morgan fingerprint density at radius 2 is 1.03 bits per heavy atom. The molecule has 0 unspecified atom stereocenters. The molecule has 0 aliphatic heterocycles. The molecule has 35 heavy (non-hydrogen) atoms. The number of halogens is 3. The standard InChI is InChI=1S/C30H33Si.3ClH.Ti/c1-22-11-7-14-25(19-22)31(26-15-8-12-23(2)20-26,27-16-9-13-24(3)21-27)29-18-10-17-28(29)30(4,5)6;;;;/h7-9,11-17,19-21H,10H2,1-6H3;3*1H;/q-1;;;;. The molecule has 3 aromatic rings. The molecule has 0 fully saturated rings. The van der Waals surface area contributed by atoms with Crippen molar-refractivity contribution in [2.45, 2.75) is 48.0 Å². The van der Waals surface area contributed by atoms with E-state index in [9.17, 15) is 0 Å². The minimum Gasteiger partial charge on any atom is -0.272 e. The van der Waals surface area contributed by atoms with Gasteiger partial charge in [-0.25, -0.2) is 5.20 Å². The Bertz CT molecular complexity index is 1080. The number of rotatable bonds is 4. The fourth-order valence-electron chi connectivity index (χ4n) is 5.04. The van der Waals surface area contributed by atoms with Crippen LogP contribution in [0.3, 0.4) is 0 Å². The molecule has 3 aromatic carbocycles. The summed E-state index contributed by atoms with van der Waals surface area (Å²) in [5.74, 6) is 0. The van der Waals surface area contributed by atoms with Crippen molar-refractivity contribution in [3.8, 4) is 0 Å². The van der Waals surface area contributed by atoms with Gasteiger partial charge in [0.25, 0.3) is 0 Å². The van der Waals surface area contributed by atoms with Gasteiger partial charge in [-0.3, -0.25) is 6.08 Å². The molecule has 0 amide bonds. The molecule has 0 spiro atoms. The van der Waals surface area contributed by atoms with Crippen LogP contribution in [0.25, 0.3) is 0 Å². The molecule has 0 nitrogen and oxygen atoms in total. The number of hydrogen-bond donors (Lipinski definition) is 0. The van der Waals surface area contributed by atoms with Gasteiger partial charge in [-0.2, -0.15) is 11.6 Å². The largest absolute Gasteiger partial charge is 0.272 e. The molecule has 0 radical (unpaired) electrons. The summed E-state index contributed by atoms with van der Waals surface area (Å²) < 4.78 is 0. The summed E-state index contributed by atoms with van der Waals surface area (Å²) in [4.78, 5) is 0. The van der Waals surface area contributed by atoms with Crippen molar-refractivity contribution < 1.29 is 21.7 Å². The van der Waals surface area contributed by atoms with Gasteiger partial charge in [0.05, 0.1) is 0 Å². The topological polar surface area (TPSA) is 0 Å². The number of hydrogen-bond acceptors (Lipinski definition) is 0. The van der Waals surface area contributed by atoms with Crippen molar-refractivity contribution in [1.29, 1.82) is 0 Å². The zero-order valence-electron chi connectivity index (χ0n) is 21.4. The van der Waals surface area contributed by atoms with Crippen LogP contribution in [0.1, 0.15) is 43.9 Å². The first kappa shape index (κ1) is 33.9. The predicted molar refractivity (Wildman–Crippen MR) is 159 cm³/mol. The Kier molecular flexibility index (Phi) is 13.1. The van der Waals surface area contributed by atoms with E-state index in [2.05, 4.69) is 126 Å². The Morgan fingerprint density at radius 3 is 1.34 bits per heavy atom. The molecule has 5 heteroatoms. The maximum atomic E-state index is 3.89. The van der Waals surface area contributed by atoms with Crippen LogP contribution < -0.4 is 15.6 Å². The third-order valence-electron chi connectivity index (χ3n) is 6.39. The predicted octanol–water partition coefficient (Wildman–Crippen LogP) is 6.99. The van der Waals surface area contributed by atoms with E-state index >= 15 is 0 Å². The summed E-state index contributed by atoms with van der Waals surface area (Å²) in [6.45, 7) is 13.7. The number of aryl methyl sites for hydroxylation is 3. The van der Waals surface area contributed by atoms with E-state index < -0.39 is 8.07 Å². The van der Waals surface area contributed by atoms with Gasteiger partial charge in [-0.1, -0.05) is 116 Å². The average Bonchev–Trinajstić information content (AvgIpc) is 3.20. The Balaban J connectivity index is 0.00000289. The molecule has 0 heterocycles. The molecule has 1 aliphatic rings. The van der Waals surface area contributed by atoms with Crippen molar-refractivity contribution in [1.82, 2.24) is 0 Å². The van der Waals surface area contributed by atoms with E-state index in [1.807, 2.05) is 0 Å². The second-order valence-corrected chi connectivity index (χ2v) is 13.7. The fraction of sp³-hybridized carbons (Fsp3) is 0.267. The van der Waals surface area contributed by atoms with Gasteiger partial charge < -0.3 is 0 Å². The zero-order chi connectivity index (χ0) is 22.2. The first-order valence-corrected chi connectivity index (χ1v) is 13.3. The monoisotopic (exact) mass is 577 g/mol. The summed E-state index contributed by atoms with van der Waals surface area (Å²) in [5, 5.41) is 5.79. The Morgan fingerprint density at radius 1 is 0.657 bits per heavy atom. The van der Waals surface area contributed by atoms with Crippen LogP contribution in [0.5, 0.6) is 0 Å². The smallest absolute Gasteiger partial charge is 0.144 e. The van der Waals surface area contributed by atoms with E-state index in [1.165, 1.54) is 43.0 Å². The Hall–Kier alpha value is -1.06. The van der Waals surface area contributed by atoms with E-state index in [0.29, 0.717) is 0 Å². The van der Waals surface area contributed by atoms with Crippen molar-refractivity contribution >= 4 is 60.9 Å². The number of allylic oxidation sites excluding steroid dienone is 4. The van der Waals surface area contributed by atoms with Gasteiger partial charge >= 0.3 is 0 Å². The molecule has 4 rings (SSSR count). The molecule has 186 valence electrons. The van der Waals surface area contributed by atoms with Crippen molar-refractivity contribution in [2.75, 3.05) is 0 Å². The van der Waals surface area contributed by atoms with Crippen LogP contribution in [-0.4, -0.2) is 8.07 Å².